The fraction of sp³-hybridized carbons (Fsp3) is 0.200. The van der Waals surface area contributed by atoms with Crippen LogP contribution in [0.1, 0.15) is 41.1 Å². The largest absolute Gasteiger partial charge is 0.480 e. The zero-order valence-electron chi connectivity index (χ0n) is 24.4. The van der Waals surface area contributed by atoms with E-state index in [-0.39, 0.29) is 18.6 Å². The highest BCUT2D eigenvalue weighted by Crippen LogP contribution is 2.48. The Labute approximate surface area is 265 Å². The van der Waals surface area contributed by atoms with Gasteiger partial charge in [0.1, 0.15) is 12.1 Å². The molecule has 0 saturated heterocycles. The maximum atomic E-state index is 13.8. The quantitative estimate of drug-likeness (QED) is 0.122. The molecule has 3 atom stereocenters. The summed E-state index contributed by atoms with van der Waals surface area (Å²) in [4.78, 5) is 50.3. The Morgan fingerprint density at radius 2 is 1.11 bits per heavy atom. The Morgan fingerprint density at radius 1 is 0.667 bits per heavy atom. The SMILES string of the molecule is N[C@@H](CCC(=O)N[C@@H](CSC(c1ccccc1)(c1ccccc1)c1ccccc1)C(=O)N[C@@H](C(=O)O)c1ccccc1)C(=O)O. The van der Waals surface area contributed by atoms with Crippen molar-refractivity contribution < 1.29 is 29.4 Å². The maximum Gasteiger partial charge on any atom is 0.330 e. The topological polar surface area (TPSA) is 159 Å². The number of nitrogens with one attached hydrogen (secondary N) is 2. The molecule has 10 heteroatoms. The second-order valence-electron chi connectivity index (χ2n) is 10.4. The lowest BCUT2D eigenvalue weighted by atomic mass is 9.84. The monoisotopic (exact) mass is 625 g/mol. The number of hydrogen-bond acceptors (Lipinski definition) is 6. The second-order valence-corrected chi connectivity index (χ2v) is 11.6. The lowest BCUT2D eigenvalue weighted by Gasteiger charge is -2.36. The van der Waals surface area contributed by atoms with Gasteiger partial charge in [0.2, 0.25) is 11.8 Å². The van der Waals surface area contributed by atoms with Crippen molar-refractivity contribution in [1.29, 1.82) is 0 Å². The van der Waals surface area contributed by atoms with Gasteiger partial charge in [-0.15, -0.1) is 11.8 Å². The van der Waals surface area contributed by atoms with Crippen LogP contribution in [0.2, 0.25) is 0 Å². The molecule has 0 aromatic heterocycles. The third-order valence-corrected chi connectivity index (χ3v) is 8.97. The van der Waals surface area contributed by atoms with E-state index < -0.39 is 46.6 Å². The van der Waals surface area contributed by atoms with E-state index in [0.29, 0.717) is 5.56 Å². The second kappa shape index (κ2) is 15.7. The minimum atomic E-state index is -1.36. The fourth-order valence-electron chi connectivity index (χ4n) is 5.01. The van der Waals surface area contributed by atoms with Gasteiger partial charge in [0.15, 0.2) is 6.04 Å². The molecule has 0 unspecified atom stereocenters. The number of rotatable bonds is 15. The fourth-order valence-corrected chi connectivity index (χ4v) is 6.57. The molecule has 0 radical (unpaired) electrons. The van der Waals surface area contributed by atoms with Gasteiger partial charge in [0, 0.05) is 12.2 Å². The summed E-state index contributed by atoms with van der Waals surface area (Å²) in [6.07, 6.45) is -0.365. The van der Waals surface area contributed by atoms with Crippen LogP contribution in [0.5, 0.6) is 0 Å². The first-order valence-electron chi connectivity index (χ1n) is 14.4. The van der Waals surface area contributed by atoms with Crippen molar-refractivity contribution in [2.45, 2.75) is 35.7 Å². The average Bonchev–Trinajstić information content (AvgIpc) is 3.07. The van der Waals surface area contributed by atoms with Crippen LogP contribution in [0.3, 0.4) is 0 Å². The highest BCUT2D eigenvalue weighted by atomic mass is 32.2. The van der Waals surface area contributed by atoms with E-state index in [1.165, 1.54) is 11.8 Å². The molecule has 9 nitrogen and oxygen atoms in total. The molecule has 0 spiro atoms. The lowest BCUT2D eigenvalue weighted by molar-refractivity contribution is -0.142. The van der Waals surface area contributed by atoms with Crippen molar-refractivity contribution in [3.8, 4) is 0 Å². The van der Waals surface area contributed by atoms with E-state index in [0.717, 1.165) is 16.7 Å². The van der Waals surface area contributed by atoms with Crippen LogP contribution in [-0.4, -0.2) is 51.8 Å². The number of carbonyl (C=O) groups is 4. The molecule has 4 aromatic rings. The Bertz CT molecular complexity index is 1480. The van der Waals surface area contributed by atoms with Crippen LogP contribution in [0, 0.1) is 0 Å². The molecule has 232 valence electrons. The number of hydrogen-bond donors (Lipinski definition) is 5. The normalized spacial score (nSPS) is 13.2. The third-order valence-electron chi connectivity index (χ3n) is 7.33. The first-order chi connectivity index (χ1) is 21.7. The Balaban J connectivity index is 1.72. The summed E-state index contributed by atoms with van der Waals surface area (Å²) < 4.78 is -0.815. The van der Waals surface area contributed by atoms with Gasteiger partial charge >= 0.3 is 11.9 Å². The number of carboxylic acids is 2. The molecule has 2 amide bonds. The Kier molecular flexibility index (Phi) is 11.5. The highest BCUT2D eigenvalue weighted by molar-refractivity contribution is 8.00. The van der Waals surface area contributed by atoms with E-state index in [9.17, 15) is 24.3 Å². The molecule has 0 bridgehead atoms. The van der Waals surface area contributed by atoms with Crippen molar-refractivity contribution >= 4 is 35.5 Å². The van der Waals surface area contributed by atoms with Crippen LogP contribution in [0.25, 0.3) is 0 Å². The van der Waals surface area contributed by atoms with E-state index in [4.69, 9.17) is 10.8 Å². The smallest absolute Gasteiger partial charge is 0.330 e. The molecule has 0 fully saturated rings. The zero-order valence-corrected chi connectivity index (χ0v) is 25.2. The molecule has 0 aliphatic heterocycles. The third kappa shape index (κ3) is 8.37. The Hall–Kier alpha value is -4.93. The van der Waals surface area contributed by atoms with Crippen LogP contribution in [0.15, 0.2) is 121 Å². The molecule has 0 saturated carbocycles. The van der Waals surface area contributed by atoms with E-state index in [1.54, 1.807) is 30.3 Å². The minimum Gasteiger partial charge on any atom is -0.480 e. The van der Waals surface area contributed by atoms with Crippen molar-refractivity contribution in [2.24, 2.45) is 5.73 Å². The number of carbonyl (C=O) groups excluding carboxylic acids is 2. The van der Waals surface area contributed by atoms with Gasteiger partial charge in [-0.1, -0.05) is 121 Å². The molecule has 4 rings (SSSR count). The van der Waals surface area contributed by atoms with Crippen LogP contribution < -0.4 is 16.4 Å². The van der Waals surface area contributed by atoms with E-state index >= 15 is 0 Å². The standard InChI is InChI=1S/C35H35N3O6S/c36-28(33(41)42)21-22-30(39)37-29(32(40)38-31(34(43)44)24-13-5-1-6-14-24)23-45-35(25-15-7-2-8-16-25,26-17-9-3-10-18-26)27-19-11-4-12-20-27/h1-20,28-29,31H,21-23,36H2,(H,37,39)(H,38,40)(H,41,42)(H,43,44)/t28-,29-,31+/m0/s1. The van der Waals surface area contributed by atoms with Crippen molar-refractivity contribution in [1.82, 2.24) is 10.6 Å². The molecule has 45 heavy (non-hydrogen) atoms. The van der Waals surface area contributed by atoms with Gasteiger partial charge in [-0.3, -0.25) is 14.4 Å². The highest BCUT2D eigenvalue weighted by Gasteiger charge is 2.39. The number of benzene rings is 4. The van der Waals surface area contributed by atoms with Gasteiger partial charge in [-0.2, -0.15) is 0 Å². The number of thioether (sulfide) groups is 1. The van der Waals surface area contributed by atoms with Gasteiger partial charge in [-0.25, -0.2) is 4.79 Å². The molecule has 0 aliphatic carbocycles. The first-order valence-corrected chi connectivity index (χ1v) is 15.4. The summed E-state index contributed by atoms with van der Waals surface area (Å²) in [5.41, 5.74) is 8.80. The number of aliphatic carboxylic acids is 2. The lowest BCUT2D eigenvalue weighted by Crippen LogP contribution is -2.51. The summed E-state index contributed by atoms with van der Waals surface area (Å²) in [7, 11) is 0. The molecule has 4 aromatic carbocycles. The number of carboxylic acid groups (broad SMARTS) is 2. The minimum absolute atomic E-state index is 0.0440. The first kappa shape index (κ1) is 33.0. The molecule has 0 heterocycles. The summed E-state index contributed by atoms with van der Waals surface area (Å²) >= 11 is 1.43. The van der Waals surface area contributed by atoms with Crippen LogP contribution in [-0.2, 0) is 23.9 Å². The zero-order chi connectivity index (χ0) is 32.2. The van der Waals surface area contributed by atoms with E-state index in [2.05, 4.69) is 10.6 Å². The molecule has 6 N–H and O–H groups in total. The predicted octanol–water partition coefficient (Wildman–Crippen LogP) is 4.33. The molecular formula is C35H35N3O6S. The average molecular weight is 626 g/mol. The van der Waals surface area contributed by atoms with Crippen molar-refractivity contribution in [3.05, 3.63) is 144 Å². The summed E-state index contributed by atoms with van der Waals surface area (Å²) in [6.45, 7) is 0. The van der Waals surface area contributed by atoms with Crippen LogP contribution >= 0.6 is 11.8 Å². The van der Waals surface area contributed by atoms with Gasteiger partial charge in [0.05, 0.1) is 4.75 Å². The van der Waals surface area contributed by atoms with Gasteiger partial charge < -0.3 is 26.6 Å². The Morgan fingerprint density at radius 3 is 1.53 bits per heavy atom. The molecular weight excluding hydrogens is 590 g/mol. The van der Waals surface area contributed by atoms with Crippen LogP contribution in [0.4, 0.5) is 0 Å². The summed E-state index contributed by atoms with van der Waals surface area (Å²) in [6, 6.07) is 33.9. The molecule has 0 aliphatic rings. The maximum absolute atomic E-state index is 13.8. The number of nitrogens with two attached hydrogens (primary N) is 1. The summed E-state index contributed by atoms with van der Waals surface area (Å²) in [5, 5.41) is 24.4. The van der Waals surface area contributed by atoms with Gasteiger partial charge in [-0.05, 0) is 28.7 Å². The van der Waals surface area contributed by atoms with Crippen molar-refractivity contribution in [2.75, 3.05) is 5.75 Å². The van der Waals surface area contributed by atoms with Crippen molar-refractivity contribution in [3.63, 3.8) is 0 Å². The van der Waals surface area contributed by atoms with E-state index in [1.807, 2.05) is 91.0 Å². The number of amides is 2. The summed E-state index contributed by atoms with van der Waals surface area (Å²) in [5.74, 6) is -3.73. The van der Waals surface area contributed by atoms with Gasteiger partial charge in [0.25, 0.3) is 0 Å². The predicted molar refractivity (Wildman–Crippen MR) is 173 cm³/mol.